The number of carbonyl (C=O) groups is 2. The molecular weight excluding hydrogens is 787 g/mol. The standard InChI is InChI=1S/C23H31ClN4O2.C19H25ClN4O2.ClH/c1-16(2)12-26-8-9-27(23(29)14-26)22-10-18(5)28(25-22)13-19-11-20(24)6-7-21(19)30-15-17(3)4;1-13(2)10-22-6-7-23(19(26)12-22)18-8-14(3)24(21-18)11-15-9-16(20)4-5-17(15)25;/h6-7,10-11,16H,3,8-9,12-15H2,1-2,4-5H3;4-5,8-9,13,25H,6-7,10-12H2,1-3H3;1H. The number of amides is 2. The van der Waals surface area contributed by atoms with Gasteiger partial charge in [-0.1, -0.05) is 57.5 Å². The summed E-state index contributed by atoms with van der Waals surface area (Å²) in [6.07, 6.45) is 0. The van der Waals surface area contributed by atoms with Crippen LogP contribution in [0.1, 0.15) is 57.1 Å². The lowest BCUT2D eigenvalue weighted by molar-refractivity contribution is -0.122. The Labute approximate surface area is 353 Å². The zero-order chi connectivity index (χ0) is 40.7. The van der Waals surface area contributed by atoms with Gasteiger partial charge in [0.05, 0.1) is 26.2 Å². The van der Waals surface area contributed by atoms with E-state index >= 15 is 0 Å². The number of aromatic hydroxyl groups is 1. The van der Waals surface area contributed by atoms with Crippen molar-refractivity contribution >= 4 is 59.1 Å². The molecule has 0 aliphatic carbocycles. The van der Waals surface area contributed by atoms with Crippen molar-refractivity contribution in [2.75, 3.05) is 68.8 Å². The van der Waals surface area contributed by atoms with Crippen molar-refractivity contribution in [1.29, 1.82) is 0 Å². The van der Waals surface area contributed by atoms with Crippen LogP contribution in [0.3, 0.4) is 0 Å². The third-order valence-electron chi connectivity index (χ3n) is 9.51. The van der Waals surface area contributed by atoms with Gasteiger partial charge < -0.3 is 9.84 Å². The van der Waals surface area contributed by atoms with Gasteiger partial charge in [-0.3, -0.25) is 38.6 Å². The minimum Gasteiger partial charge on any atom is -0.508 e. The second-order valence-corrected chi connectivity index (χ2v) is 16.6. The van der Waals surface area contributed by atoms with Crippen LogP contribution in [-0.4, -0.2) is 105 Å². The third-order valence-corrected chi connectivity index (χ3v) is 9.98. The molecule has 2 amide bonds. The molecule has 15 heteroatoms. The molecule has 0 unspecified atom stereocenters. The molecule has 12 nitrogen and oxygen atoms in total. The summed E-state index contributed by atoms with van der Waals surface area (Å²) in [4.78, 5) is 33.2. The van der Waals surface area contributed by atoms with Gasteiger partial charge in [-0.15, -0.1) is 12.4 Å². The van der Waals surface area contributed by atoms with Gasteiger partial charge in [-0.25, -0.2) is 0 Å². The summed E-state index contributed by atoms with van der Waals surface area (Å²) in [7, 11) is 0. The van der Waals surface area contributed by atoms with Crippen LogP contribution in [0.2, 0.25) is 10.0 Å². The molecule has 4 aromatic rings. The topological polar surface area (TPSA) is 112 Å². The molecule has 2 aromatic carbocycles. The van der Waals surface area contributed by atoms with Gasteiger partial charge in [0.1, 0.15) is 18.1 Å². The Morgan fingerprint density at radius 3 is 1.67 bits per heavy atom. The molecule has 0 atom stereocenters. The zero-order valence-corrected chi connectivity index (χ0v) is 36.5. The van der Waals surface area contributed by atoms with Crippen molar-refractivity contribution in [2.45, 2.75) is 61.6 Å². The number of halogens is 3. The number of anilines is 2. The van der Waals surface area contributed by atoms with Crippen LogP contribution in [0, 0.1) is 25.7 Å². The molecule has 57 heavy (non-hydrogen) atoms. The van der Waals surface area contributed by atoms with Crippen molar-refractivity contribution in [2.24, 2.45) is 11.8 Å². The first kappa shape index (κ1) is 45.6. The van der Waals surface area contributed by atoms with Crippen LogP contribution >= 0.6 is 35.6 Å². The van der Waals surface area contributed by atoms with E-state index in [-0.39, 0.29) is 30.0 Å². The number of hydrogen-bond acceptors (Lipinski definition) is 8. The monoisotopic (exact) mass is 842 g/mol. The molecule has 2 aliphatic rings. The summed E-state index contributed by atoms with van der Waals surface area (Å²) in [5.74, 6) is 3.57. The van der Waals surface area contributed by atoms with Crippen molar-refractivity contribution in [3.8, 4) is 11.5 Å². The lowest BCUT2D eigenvalue weighted by Gasteiger charge is -2.33. The molecule has 0 saturated carbocycles. The van der Waals surface area contributed by atoms with Crippen LogP contribution in [0.5, 0.6) is 11.5 Å². The fourth-order valence-corrected chi connectivity index (χ4v) is 7.25. The molecule has 0 bridgehead atoms. The number of piperazine rings is 2. The molecular formula is C42H57Cl3N8O4. The number of ether oxygens (including phenoxy) is 1. The number of benzene rings is 2. The van der Waals surface area contributed by atoms with E-state index in [1.165, 1.54) is 0 Å². The molecule has 4 heterocycles. The number of aryl methyl sites for hydroxylation is 2. The van der Waals surface area contributed by atoms with Crippen LogP contribution in [0.4, 0.5) is 11.6 Å². The molecule has 2 aliphatic heterocycles. The first-order chi connectivity index (χ1) is 26.6. The third kappa shape index (κ3) is 12.7. The Balaban J connectivity index is 0.000000251. The van der Waals surface area contributed by atoms with Crippen LogP contribution in [0.15, 0.2) is 60.7 Å². The highest BCUT2D eigenvalue weighted by Gasteiger charge is 2.29. The predicted molar refractivity (Wildman–Crippen MR) is 232 cm³/mol. The van der Waals surface area contributed by atoms with E-state index in [2.05, 4.69) is 49.2 Å². The lowest BCUT2D eigenvalue weighted by atomic mass is 10.2. The summed E-state index contributed by atoms with van der Waals surface area (Å²) in [5, 5.41) is 20.5. The van der Waals surface area contributed by atoms with Gasteiger partial charge in [-0.05, 0) is 74.6 Å². The van der Waals surface area contributed by atoms with E-state index in [1.807, 2.05) is 55.8 Å². The molecule has 0 radical (unpaired) electrons. The largest absolute Gasteiger partial charge is 0.508 e. The van der Waals surface area contributed by atoms with Crippen molar-refractivity contribution in [1.82, 2.24) is 29.4 Å². The molecule has 2 saturated heterocycles. The maximum atomic E-state index is 12.7. The molecule has 6 rings (SSSR count). The van der Waals surface area contributed by atoms with Crippen molar-refractivity contribution < 1.29 is 19.4 Å². The molecule has 1 N–H and O–H groups in total. The predicted octanol–water partition coefficient (Wildman–Crippen LogP) is 7.48. The Hall–Kier alpha value is -4.07. The number of aromatic nitrogens is 4. The van der Waals surface area contributed by atoms with E-state index in [4.69, 9.17) is 33.0 Å². The number of phenols is 1. The Kier molecular flexibility index (Phi) is 16.5. The number of carbonyl (C=O) groups excluding carboxylic acids is 2. The fourth-order valence-electron chi connectivity index (χ4n) is 6.86. The van der Waals surface area contributed by atoms with Gasteiger partial charge >= 0.3 is 0 Å². The first-order valence-corrected chi connectivity index (χ1v) is 20.0. The van der Waals surface area contributed by atoms with Crippen molar-refractivity contribution in [3.63, 3.8) is 0 Å². The first-order valence-electron chi connectivity index (χ1n) is 19.2. The zero-order valence-electron chi connectivity index (χ0n) is 34.2. The summed E-state index contributed by atoms with van der Waals surface area (Å²) in [5.41, 5.74) is 4.49. The quantitative estimate of drug-likeness (QED) is 0.138. The lowest BCUT2D eigenvalue weighted by Crippen LogP contribution is -2.51. The molecule has 2 fully saturated rings. The average Bonchev–Trinajstić information content (AvgIpc) is 3.66. The average molecular weight is 844 g/mol. The highest BCUT2D eigenvalue weighted by Crippen LogP contribution is 2.27. The highest BCUT2D eigenvalue weighted by molar-refractivity contribution is 6.31. The van der Waals surface area contributed by atoms with Crippen LogP contribution < -0.4 is 14.5 Å². The number of phenolic OH excluding ortho intramolecular Hbond substituents is 1. The summed E-state index contributed by atoms with van der Waals surface area (Å²) in [6, 6.07) is 14.4. The van der Waals surface area contributed by atoms with E-state index in [9.17, 15) is 14.7 Å². The summed E-state index contributed by atoms with van der Waals surface area (Å²) < 4.78 is 9.56. The van der Waals surface area contributed by atoms with Crippen LogP contribution in [-0.2, 0) is 22.7 Å². The van der Waals surface area contributed by atoms with Gasteiger partial charge in [0.2, 0.25) is 11.8 Å². The van der Waals surface area contributed by atoms with E-state index in [0.717, 1.165) is 54.5 Å². The number of nitrogens with zero attached hydrogens (tertiary/aromatic N) is 8. The Morgan fingerprint density at radius 2 is 1.21 bits per heavy atom. The van der Waals surface area contributed by atoms with E-state index in [0.29, 0.717) is 85.0 Å². The van der Waals surface area contributed by atoms with Gasteiger partial charge in [0, 0.05) is 84.0 Å². The smallest absolute Gasteiger partial charge is 0.242 e. The summed E-state index contributed by atoms with van der Waals surface area (Å²) in [6.45, 7) is 25.5. The molecule has 0 spiro atoms. The maximum Gasteiger partial charge on any atom is 0.242 e. The minimum absolute atomic E-state index is 0. The molecule has 2 aromatic heterocycles. The molecule has 310 valence electrons. The van der Waals surface area contributed by atoms with Crippen LogP contribution in [0.25, 0.3) is 0 Å². The maximum absolute atomic E-state index is 12.7. The number of hydrogen-bond donors (Lipinski definition) is 1. The second kappa shape index (κ2) is 20.6. The van der Waals surface area contributed by atoms with Gasteiger partial charge in [-0.2, -0.15) is 10.2 Å². The normalized spacial score (nSPS) is 15.2. The van der Waals surface area contributed by atoms with Gasteiger partial charge in [0.15, 0.2) is 11.6 Å². The van der Waals surface area contributed by atoms with Gasteiger partial charge in [0.25, 0.3) is 0 Å². The van der Waals surface area contributed by atoms with E-state index < -0.39 is 0 Å². The van der Waals surface area contributed by atoms with E-state index in [1.54, 1.807) is 32.7 Å². The second-order valence-electron chi connectivity index (χ2n) is 15.7. The van der Waals surface area contributed by atoms with Crippen molar-refractivity contribution in [3.05, 3.63) is 93.2 Å². The SMILES string of the molecule is C=C(C)COc1ccc(Cl)cc1Cn1nc(N2CCN(CC(C)C)CC2=O)cc1C.Cc1cc(N2CCN(CC(C)C)CC2=O)nn1Cc1cc(Cl)ccc1O.Cl. The Bertz CT molecular complexity index is 2010. The minimum atomic E-state index is 0. The highest BCUT2D eigenvalue weighted by atomic mass is 35.5. The number of rotatable bonds is 13. The fraction of sp³-hybridized carbons (Fsp3) is 0.476. The summed E-state index contributed by atoms with van der Waals surface area (Å²) >= 11 is 12.2. The Morgan fingerprint density at radius 1 is 0.754 bits per heavy atom.